The topological polar surface area (TPSA) is 35.0 Å². The normalized spacial score (nSPS) is 10.2. The first-order valence-corrected chi connectivity index (χ1v) is 6.93. The number of nitrogens with zero attached hydrogens (tertiary/aromatic N) is 2. The molecule has 2 aromatic heterocycles. The molecule has 2 rings (SSSR count). The fourth-order valence-corrected chi connectivity index (χ4v) is 1.79. The molecule has 0 amide bonds. The molecule has 0 aliphatic heterocycles. The number of alkyl halides is 1. The molecule has 0 N–H and O–H groups in total. The van der Waals surface area contributed by atoms with E-state index in [-0.39, 0.29) is 0 Å². The summed E-state index contributed by atoms with van der Waals surface area (Å²) in [6.45, 7) is 0.447. The van der Waals surface area contributed by atoms with Crippen molar-refractivity contribution in [2.75, 3.05) is 0 Å². The van der Waals surface area contributed by atoms with E-state index in [1.54, 1.807) is 12.4 Å². The molecular weight excluding hydrogens is 348 g/mol. The van der Waals surface area contributed by atoms with E-state index in [1.807, 2.05) is 24.3 Å². The molecule has 0 fully saturated rings. The average molecular weight is 358 g/mol. The third kappa shape index (κ3) is 3.78. The average Bonchev–Trinajstić information content (AvgIpc) is 2.39. The Balaban J connectivity index is 1.95. The third-order valence-corrected chi connectivity index (χ3v) is 3.15. The van der Waals surface area contributed by atoms with Crippen LogP contribution in [0.1, 0.15) is 11.4 Å². The Labute approximate surface area is 117 Å². The molecule has 0 radical (unpaired) electrons. The molecule has 0 bridgehead atoms. The Morgan fingerprint density at radius 2 is 1.76 bits per heavy atom. The quantitative estimate of drug-likeness (QED) is 0.782. The molecule has 0 atom stereocenters. The highest BCUT2D eigenvalue weighted by atomic mass is 79.9. The van der Waals surface area contributed by atoms with Crippen molar-refractivity contribution in [2.24, 2.45) is 0 Å². The first kappa shape index (κ1) is 12.5. The van der Waals surface area contributed by atoms with Gasteiger partial charge in [0.25, 0.3) is 0 Å². The van der Waals surface area contributed by atoms with Crippen LogP contribution in [0.4, 0.5) is 0 Å². The summed E-state index contributed by atoms with van der Waals surface area (Å²) in [7, 11) is 0. The van der Waals surface area contributed by atoms with Gasteiger partial charge in [-0.2, -0.15) is 0 Å². The summed E-state index contributed by atoms with van der Waals surface area (Å²) in [5.74, 6) is 0.749. The monoisotopic (exact) mass is 356 g/mol. The summed E-state index contributed by atoms with van der Waals surface area (Å²) in [4.78, 5) is 8.45. The van der Waals surface area contributed by atoms with E-state index < -0.39 is 0 Å². The second-order valence-electron chi connectivity index (χ2n) is 3.38. The number of hydrogen-bond acceptors (Lipinski definition) is 3. The summed E-state index contributed by atoms with van der Waals surface area (Å²) in [5, 5.41) is 0.752. The molecule has 0 aromatic carbocycles. The molecule has 5 heteroatoms. The number of aromatic nitrogens is 2. The van der Waals surface area contributed by atoms with E-state index in [9.17, 15) is 0 Å². The molecule has 17 heavy (non-hydrogen) atoms. The number of pyridine rings is 2. The SMILES string of the molecule is BrCc1ccc(OCc2ccc(Br)cn2)cn1. The molecule has 2 aromatic rings. The lowest BCUT2D eigenvalue weighted by molar-refractivity contribution is 0.300. The van der Waals surface area contributed by atoms with Crippen LogP contribution in [-0.4, -0.2) is 9.97 Å². The molecule has 0 spiro atoms. The number of hydrogen-bond donors (Lipinski definition) is 0. The summed E-state index contributed by atoms with van der Waals surface area (Å²) in [6, 6.07) is 7.70. The largest absolute Gasteiger partial charge is 0.486 e. The Kier molecular flexibility index (Phi) is 4.50. The van der Waals surface area contributed by atoms with Crippen LogP contribution >= 0.6 is 31.9 Å². The smallest absolute Gasteiger partial charge is 0.138 e. The van der Waals surface area contributed by atoms with Crippen LogP contribution in [0.15, 0.2) is 41.1 Å². The van der Waals surface area contributed by atoms with Crippen molar-refractivity contribution in [3.05, 3.63) is 52.5 Å². The van der Waals surface area contributed by atoms with Crippen molar-refractivity contribution in [1.82, 2.24) is 9.97 Å². The first-order valence-electron chi connectivity index (χ1n) is 5.02. The van der Waals surface area contributed by atoms with Gasteiger partial charge in [-0.05, 0) is 40.2 Å². The van der Waals surface area contributed by atoms with Crippen molar-refractivity contribution in [3.8, 4) is 5.75 Å². The van der Waals surface area contributed by atoms with Gasteiger partial charge in [0, 0.05) is 16.0 Å². The standard InChI is InChI=1S/C12H10Br2N2O/c13-5-10-3-4-12(7-16-10)17-8-11-2-1-9(14)6-15-11/h1-4,6-7H,5,8H2. The second kappa shape index (κ2) is 6.12. The zero-order chi connectivity index (χ0) is 12.1. The molecule has 3 nitrogen and oxygen atoms in total. The number of rotatable bonds is 4. The molecule has 88 valence electrons. The summed E-state index contributed by atoms with van der Waals surface area (Å²) in [5.41, 5.74) is 1.87. The van der Waals surface area contributed by atoms with Crippen molar-refractivity contribution in [1.29, 1.82) is 0 Å². The second-order valence-corrected chi connectivity index (χ2v) is 4.85. The summed E-state index contributed by atoms with van der Waals surface area (Å²) in [6.07, 6.45) is 3.47. The highest BCUT2D eigenvalue weighted by molar-refractivity contribution is 9.10. The van der Waals surface area contributed by atoms with Gasteiger partial charge in [-0.25, -0.2) is 0 Å². The van der Waals surface area contributed by atoms with Gasteiger partial charge in [0.15, 0.2) is 0 Å². The van der Waals surface area contributed by atoms with Crippen LogP contribution in [-0.2, 0) is 11.9 Å². The lowest BCUT2D eigenvalue weighted by Crippen LogP contribution is -1.98. The van der Waals surface area contributed by atoms with E-state index in [0.717, 1.165) is 26.9 Å². The predicted octanol–water partition coefficient (Wildman–Crippen LogP) is 3.71. The molecular formula is C12H10Br2N2O. The molecule has 0 saturated heterocycles. The lowest BCUT2D eigenvalue weighted by Gasteiger charge is -2.05. The Hall–Kier alpha value is -0.940. The molecule has 0 unspecified atom stereocenters. The van der Waals surface area contributed by atoms with E-state index >= 15 is 0 Å². The van der Waals surface area contributed by atoms with Gasteiger partial charge < -0.3 is 4.74 Å². The van der Waals surface area contributed by atoms with Crippen LogP contribution in [0.25, 0.3) is 0 Å². The molecule has 2 heterocycles. The maximum atomic E-state index is 5.58. The summed E-state index contributed by atoms with van der Waals surface area (Å²) >= 11 is 6.69. The first-order chi connectivity index (χ1) is 8.28. The fourth-order valence-electron chi connectivity index (χ4n) is 1.22. The van der Waals surface area contributed by atoms with E-state index in [2.05, 4.69) is 41.8 Å². The van der Waals surface area contributed by atoms with Crippen molar-refractivity contribution in [3.63, 3.8) is 0 Å². The Bertz CT molecular complexity index is 471. The van der Waals surface area contributed by atoms with E-state index in [4.69, 9.17) is 4.74 Å². The maximum Gasteiger partial charge on any atom is 0.138 e. The summed E-state index contributed by atoms with van der Waals surface area (Å²) < 4.78 is 6.54. The zero-order valence-electron chi connectivity index (χ0n) is 8.94. The molecule has 0 aliphatic rings. The van der Waals surface area contributed by atoms with E-state index in [0.29, 0.717) is 6.61 Å². The van der Waals surface area contributed by atoms with Crippen molar-refractivity contribution >= 4 is 31.9 Å². The minimum atomic E-state index is 0.447. The lowest BCUT2D eigenvalue weighted by atomic mass is 10.3. The molecule has 0 aliphatic carbocycles. The van der Waals surface area contributed by atoms with Crippen LogP contribution in [0, 0.1) is 0 Å². The Morgan fingerprint density at radius 3 is 2.35 bits per heavy atom. The predicted molar refractivity (Wildman–Crippen MR) is 73.1 cm³/mol. The van der Waals surface area contributed by atoms with Crippen LogP contribution in [0.2, 0.25) is 0 Å². The molecule has 0 saturated carbocycles. The minimum absolute atomic E-state index is 0.447. The fraction of sp³-hybridized carbons (Fsp3) is 0.167. The van der Waals surface area contributed by atoms with Gasteiger partial charge in [0.1, 0.15) is 12.4 Å². The van der Waals surface area contributed by atoms with Gasteiger partial charge in [0.05, 0.1) is 17.6 Å². The highest BCUT2D eigenvalue weighted by Gasteiger charge is 1.98. The van der Waals surface area contributed by atoms with Gasteiger partial charge in [-0.15, -0.1) is 0 Å². The van der Waals surface area contributed by atoms with E-state index in [1.165, 1.54) is 0 Å². The Morgan fingerprint density at radius 1 is 1.00 bits per heavy atom. The van der Waals surface area contributed by atoms with Crippen molar-refractivity contribution < 1.29 is 4.74 Å². The number of halogens is 2. The van der Waals surface area contributed by atoms with Crippen molar-refractivity contribution in [2.45, 2.75) is 11.9 Å². The third-order valence-electron chi connectivity index (χ3n) is 2.11. The minimum Gasteiger partial charge on any atom is -0.486 e. The van der Waals surface area contributed by atoms with Gasteiger partial charge in [-0.1, -0.05) is 15.9 Å². The zero-order valence-corrected chi connectivity index (χ0v) is 12.1. The van der Waals surface area contributed by atoms with Gasteiger partial charge >= 0.3 is 0 Å². The van der Waals surface area contributed by atoms with Gasteiger partial charge in [-0.3, -0.25) is 9.97 Å². The number of ether oxygens (including phenoxy) is 1. The van der Waals surface area contributed by atoms with Crippen LogP contribution in [0.3, 0.4) is 0 Å². The highest BCUT2D eigenvalue weighted by Crippen LogP contribution is 2.13. The van der Waals surface area contributed by atoms with Gasteiger partial charge in [0.2, 0.25) is 0 Å². The van der Waals surface area contributed by atoms with Crippen LogP contribution in [0.5, 0.6) is 5.75 Å². The van der Waals surface area contributed by atoms with Crippen LogP contribution < -0.4 is 4.74 Å². The maximum absolute atomic E-state index is 5.58.